The number of esters is 1. The van der Waals surface area contributed by atoms with Crippen LogP contribution in [0.25, 0.3) is 11.1 Å². The van der Waals surface area contributed by atoms with Crippen molar-refractivity contribution in [3.63, 3.8) is 0 Å². The third-order valence-electron chi connectivity index (χ3n) is 7.82. The summed E-state index contributed by atoms with van der Waals surface area (Å²) in [5.41, 5.74) is 4.78. The highest BCUT2D eigenvalue weighted by molar-refractivity contribution is 5.79. The number of hydrogen-bond donors (Lipinski definition) is 2. The Balaban J connectivity index is 0.974. The Bertz CT molecular complexity index is 1230. The molecule has 0 aromatic heterocycles. The lowest BCUT2D eigenvalue weighted by Gasteiger charge is -2.14. The quantitative estimate of drug-likeness (QED) is 0.0812. The third-order valence-corrected chi connectivity index (χ3v) is 7.82. The molecule has 0 unspecified atom stereocenters. The van der Waals surface area contributed by atoms with E-state index in [1.165, 1.54) is 22.3 Å². The van der Waals surface area contributed by atoms with Gasteiger partial charge in [-0.15, -0.1) is 0 Å². The van der Waals surface area contributed by atoms with Gasteiger partial charge in [0, 0.05) is 31.9 Å². The van der Waals surface area contributed by atoms with Gasteiger partial charge in [0.1, 0.15) is 13.2 Å². The summed E-state index contributed by atoms with van der Waals surface area (Å²) >= 11 is 0. The van der Waals surface area contributed by atoms with Crippen LogP contribution in [0.15, 0.2) is 48.5 Å². The normalized spacial score (nSPS) is 12.0. The number of carboxylic acid groups (broad SMARTS) is 1. The van der Waals surface area contributed by atoms with Gasteiger partial charge in [-0.2, -0.15) is 0 Å². The summed E-state index contributed by atoms with van der Waals surface area (Å²) in [4.78, 5) is 34.2. The molecule has 0 saturated heterocycles. The number of unbranched alkanes of at least 4 members (excludes halogenated alkanes) is 1. The molecule has 0 fully saturated rings. The number of hydrogen-bond acceptors (Lipinski definition) is 12. The molecular formula is C38H55NO13. The van der Waals surface area contributed by atoms with Crippen LogP contribution in [0.1, 0.15) is 49.1 Å². The van der Waals surface area contributed by atoms with E-state index in [1.54, 1.807) is 0 Å². The highest BCUT2D eigenvalue weighted by atomic mass is 16.6. The van der Waals surface area contributed by atoms with Crippen LogP contribution >= 0.6 is 0 Å². The molecule has 52 heavy (non-hydrogen) atoms. The van der Waals surface area contributed by atoms with Crippen molar-refractivity contribution in [2.24, 2.45) is 0 Å². The fourth-order valence-electron chi connectivity index (χ4n) is 5.27. The Morgan fingerprint density at radius 1 is 0.519 bits per heavy atom. The Labute approximate surface area is 306 Å². The molecule has 2 aromatic rings. The lowest BCUT2D eigenvalue weighted by molar-refractivity contribution is -0.146. The van der Waals surface area contributed by atoms with Gasteiger partial charge in [-0.05, 0) is 41.5 Å². The topological polar surface area (TPSA) is 167 Å². The average Bonchev–Trinajstić information content (AvgIpc) is 3.47. The fourth-order valence-corrected chi connectivity index (χ4v) is 5.27. The molecule has 0 bridgehead atoms. The number of carbonyl (C=O) groups is 3. The number of ether oxygens (including phenoxy) is 9. The maximum Gasteiger partial charge on any atom is 0.407 e. The molecule has 0 aliphatic heterocycles. The van der Waals surface area contributed by atoms with Crippen LogP contribution < -0.4 is 5.32 Å². The first-order chi connectivity index (χ1) is 25.6. The minimum Gasteiger partial charge on any atom is -0.481 e. The molecule has 2 N–H and O–H groups in total. The van der Waals surface area contributed by atoms with Gasteiger partial charge in [0.15, 0.2) is 0 Å². The number of rotatable bonds is 32. The first-order valence-corrected chi connectivity index (χ1v) is 18.1. The van der Waals surface area contributed by atoms with Gasteiger partial charge in [-0.1, -0.05) is 48.5 Å². The summed E-state index contributed by atoms with van der Waals surface area (Å²) < 4.78 is 48.8. The second-order valence-electron chi connectivity index (χ2n) is 11.7. The highest BCUT2D eigenvalue weighted by Crippen LogP contribution is 2.44. The van der Waals surface area contributed by atoms with E-state index in [9.17, 15) is 14.4 Å². The molecule has 2 aromatic carbocycles. The van der Waals surface area contributed by atoms with E-state index in [0.717, 1.165) is 0 Å². The SMILES string of the molecule is O=C(O)CCCCC(=O)OCCOCCOCCOCCOCCOCCOCCOCCCNC(=O)OCC1c2ccccc2-c2ccccc21. The highest BCUT2D eigenvalue weighted by Gasteiger charge is 2.28. The summed E-state index contributed by atoms with van der Waals surface area (Å²) in [6.45, 7) is 7.07. The van der Waals surface area contributed by atoms with Gasteiger partial charge >= 0.3 is 18.0 Å². The monoisotopic (exact) mass is 733 g/mol. The lowest BCUT2D eigenvalue weighted by Crippen LogP contribution is -2.27. The maximum atomic E-state index is 12.3. The molecule has 0 saturated carbocycles. The van der Waals surface area contributed by atoms with E-state index in [1.807, 2.05) is 24.3 Å². The van der Waals surface area contributed by atoms with Crippen molar-refractivity contribution in [2.45, 2.75) is 38.0 Å². The molecule has 290 valence electrons. The smallest absolute Gasteiger partial charge is 0.407 e. The van der Waals surface area contributed by atoms with E-state index in [0.29, 0.717) is 118 Å². The van der Waals surface area contributed by atoms with Crippen molar-refractivity contribution in [3.8, 4) is 11.1 Å². The van der Waals surface area contributed by atoms with E-state index in [2.05, 4.69) is 29.6 Å². The molecule has 14 nitrogen and oxygen atoms in total. The number of fused-ring (bicyclic) bond motifs is 3. The predicted molar refractivity (Wildman–Crippen MR) is 190 cm³/mol. The van der Waals surface area contributed by atoms with Crippen molar-refractivity contribution >= 4 is 18.0 Å². The van der Waals surface area contributed by atoms with Gasteiger partial charge in [0.05, 0.1) is 85.9 Å². The van der Waals surface area contributed by atoms with Gasteiger partial charge in [-0.3, -0.25) is 9.59 Å². The second kappa shape index (κ2) is 27.9. The van der Waals surface area contributed by atoms with Crippen LogP contribution in [-0.2, 0) is 52.2 Å². The summed E-state index contributed by atoms with van der Waals surface area (Å²) in [6.07, 6.45) is 1.47. The minimum absolute atomic E-state index is 0.0422. The summed E-state index contributed by atoms with van der Waals surface area (Å²) in [6, 6.07) is 16.5. The number of carbonyl (C=O) groups excluding carboxylic acids is 2. The maximum absolute atomic E-state index is 12.3. The molecular weight excluding hydrogens is 678 g/mol. The van der Waals surface area contributed by atoms with Crippen LogP contribution in [0.4, 0.5) is 4.79 Å². The van der Waals surface area contributed by atoms with Crippen molar-refractivity contribution in [3.05, 3.63) is 59.7 Å². The minimum atomic E-state index is -0.866. The third kappa shape index (κ3) is 18.7. The molecule has 0 radical (unpaired) electrons. The zero-order valence-electron chi connectivity index (χ0n) is 30.1. The van der Waals surface area contributed by atoms with Gasteiger partial charge in [0.25, 0.3) is 0 Å². The molecule has 3 rings (SSSR count). The molecule has 0 atom stereocenters. The number of carboxylic acids is 1. The van der Waals surface area contributed by atoms with Crippen LogP contribution in [0.2, 0.25) is 0 Å². The van der Waals surface area contributed by atoms with Crippen molar-refractivity contribution in [1.82, 2.24) is 5.32 Å². The number of benzene rings is 2. The first kappa shape index (κ1) is 42.8. The summed E-state index contributed by atoms with van der Waals surface area (Å²) in [5.74, 6) is -1.17. The van der Waals surface area contributed by atoms with Crippen molar-refractivity contribution < 1.29 is 62.1 Å². The van der Waals surface area contributed by atoms with Crippen LogP contribution in [-0.4, -0.2) is 135 Å². The molecule has 0 heterocycles. The van der Waals surface area contributed by atoms with Crippen molar-refractivity contribution in [2.75, 3.05) is 112 Å². The van der Waals surface area contributed by atoms with E-state index >= 15 is 0 Å². The van der Waals surface area contributed by atoms with Gasteiger partial charge in [0.2, 0.25) is 0 Å². The van der Waals surface area contributed by atoms with Gasteiger partial charge < -0.3 is 53.1 Å². The Kier molecular flexibility index (Phi) is 23.0. The molecule has 1 amide bonds. The van der Waals surface area contributed by atoms with Crippen LogP contribution in [0.3, 0.4) is 0 Å². The molecule has 1 aliphatic rings. The van der Waals surface area contributed by atoms with E-state index < -0.39 is 12.1 Å². The Hall–Kier alpha value is -3.63. The summed E-state index contributed by atoms with van der Waals surface area (Å²) in [7, 11) is 0. The Morgan fingerprint density at radius 2 is 0.942 bits per heavy atom. The van der Waals surface area contributed by atoms with E-state index in [-0.39, 0.29) is 37.9 Å². The standard InChI is InChI=1S/C38H55NO13/c40-36(41)12-5-6-13-37(42)51-29-28-50-27-26-49-25-24-48-23-22-47-21-20-46-19-18-45-17-16-44-15-7-14-39-38(43)52-30-35-33-10-3-1-8-31(33)32-9-2-4-11-34(32)35/h1-4,8-11,35H,5-7,12-30H2,(H,39,43)(H,40,41). The number of amides is 1. The number of aliphatic carboxylic acids is 1. The van der Waals surface area contributed by atoms with E-state index in [4.69, 9.17) is 47.7 Å². The zero-order chi connectivity index (χ0) is 36.9. The van der Waals surface area contributed by atoms with Crippen molar-refractivity contribution in [1.29, 1.82) is 0 Å². The second-order valence-corrected chi connectivity index (χ2v) is 11.7. The predicted octanol–water partition coefficient (Wildman–Crippen LogP) is 4.22. The largest absolute Gasteiger partial charge is 0.481 e. The first-order valence-electron chi connectivity index (χ1n) is 18.1. The number of alkyl carbamates (subject to hydrolysis) is 1. The zero-order valence-corrected chi connectivity index (χ0v) is 30.1. The molecule has 14 heteroatoms. The summed E-state index contributed by atoms with van der Waals surface area (Å²) in [5, 5.41) is 11.4. The van der Waals surface area contributed by atoms with Crippen LogP contribution in [0, 0.1) is 0 Å². The molecule has 1 aliphatic carbocycles. The molecule has 0 spiro atoms. The van der Waals surface area contributed by atoms with Crippen LogP contribution in [0.5, 0.6) is 0 Å². The Morgan fingerprint density at radius 3 is 1.42 bits per heavy atom. The average molecular weight is 734 g/mol. The lowest BCUT2D eigenvalue weighted by atomic mass is 9.98. The van der Waals surface area contributed by atoms with Gasteiger partial charge in [-0.25, -0.2) is 4.79 Å². The fraction of sp³-hybridized carbons (Fsp3) is 0.605. The number of nitrogens with one attached hydrogen (secondary N) is 1.